The minimum atomic E-state index is -3.50. The van der Waals surface area contributed by atoms with Crippen LogP contribution in [0.4, 0.5) is 17.1 Å². The Morgan fingerprint density at radius 3 is 2.46 bits per heavy atom. The van der Waals surface area contributed by atoms with Crippen molar-refractivity contribution >= 4 is 26.9 Å². The largest absolute Gasteiger partial charge is 0.378 e. The maximum Gasteiger partial charge on any atom is 0.293 e. The summed E-state index contributed by atoms with van der Waals surface area (Å²) in [6.45, 7) is 0.390. The smallest absolute Gasteiger partial charge is 0.293 e. The van der Waals surface area contributed by atoms with Gasteiger partial charge in [-0.1, -0.05) is 12.1 Å². The third-order valence-corrected chi connectivity index (χ3v) is 4.61. The lowest BCUT2D eigenvalue weighted by Crippen LogP contribution is -2.09. The van der Waals surface area contributed by atoms with Gasteiger partial charge in [-0.05, 0) is 29.8 Å². The number of nitrogens with one attached hydrogen (secondary N) is 1. The zero-order valence-electron chi connectivity index (χ0n) is 13.7. The van der Waals surface area contributed by atoms with Crippen LogP contribution in [0.5, 0.6) is 0 Å². The van der Waals surface area contributed by atoms with Crippen LogP contribution in [0.25, 0.3) is 0 Å². The molecule has 7 nitrogen and oxygen atoms in total. The topological polar surface area (TPSA) is 92.6 Å². The van der Waals surface area contributed by atoms with Crippen molar-refractivity contribution in [1.82, 2.24) is 0 Å². The van der Waals surface area contributed by atoms with Gasteiger partial charge in [-0.2, -0.15) is 0 Å². The summed E-state index contributed by atoms with van der Waals surface area (Å²) >= 11 is 0. The van der Waals surface area contributed by atoms with Crippen LogP contribution in [-0.4, -0.2) is 33.7 Å². The number of hydrogen-bond donors (Lipinski definition) is 1. The molecule has 2 aromatic rings. The predicted octanol–water partition coefficient (Wildman–Crippen LogP) is 2.68. The molecule has 0 radical (unpaired) electrons. The molecule has 2 rings (SSSR count). The predicted molar refractivity (Wildman–Crippen MR) is 94.3 cm³/mol. The molecule has 0 saturated heterocycles. The Labute approximate surface area is 141 Å². The van der Waals surface area contributed by atoms with E-state index in [4.69, 9.17) is 0 Å². The van der Waals surface area contributed by atoms with E-state index in [1.807, 2.05) is 43.3 Å². The van der Waals surface area contributed by atoms with Crippen LogP contribution in [0, 0.1) is 10.1 Å². The summed E-state index contributed by atoms with van der Waals surface area (Å²) < 4.78 is 23.1. The van der Waals surface area contributed by atoms with Crippen molar-refractivity contribution in [2.75, 3.05) is 30.6 Å². The lowest BCUT2D eigenvalue weighted by atomic mass is 10.2. The van der Waals surface area contributed by atoms with Crippen molar-refractivity contribution < 1.29 is 13.3 Å². The minimum Gasteiger partial charge on any atom is -0.378 e. The fourth-order valence-electron chi connectivity index (χ4n) is 2.18. The van der Waals surface area contributed by atoms with Gasteiger partial charge in [0.1, 0.15) is 5.69 Å². The van der Waals surface area contributed by atoms with E-state index in [1.165, 1.54) is 12.1 Å². The Kier molecular flexibility index (Phi) is 5.08. The maximum absolute atomic E-state index is 11.6. The molecule has 128 valence electrons. The molecule has 0 aromatic heterocycles. The molecule has 0 bridgehead atoms. The number of rotatable bonds is 6. The van der Waals surface area contributed by atoms with Gasteiger partial charge in [0.2, 0.25) is 0 Å². The van der Waals surface area contributed by atoms with Crippen LogP contribution in [-0.2, 0) is 16.4 Å². The highest BCUT2D eigenvalue weighted by molar-refractivity contribution is 7.90. The molecule has 0 aliphatic rings. The van der Waals surface area contributed by atoms with Crippen molar-refractivity contribution in [3.8, 4) is 0 Å². The molecule has 0 heterocycles. The van der Waals surface area contributed by atoms with E-state index in [2.05, 4.69) is 5.32 Å². The first-order valence-corrected chi connectivity index (χ1v) is 9.06. The first kappa shape index (κ1) is 17.7. The highest BCUT2D eigenvalue weighted by Crippen LogP contribution is 2.28. The van der Waals surface area contributed by atoms with Gasteiger partial charge in [-0.25, -0.2) is 8.42 Å². The van der Waals surface area contributed by atoms with Crippen LogP contribution in [0.2, 0.25) is 0 Å². The van der Waals surface area contributed by atoms with Crippen molar-refractivity contribution in [1.29, 1.82) is 0 Å². The van der Waals surface area contributed by atoms with E-state index in [0.29, 0.717) is 6.54 Å². The Balaban J connectivity index is 2.27. The zero-order chi connectivity index (χ0) is 17.9. The first-order chi connectivity index (χ1) is 11.2. The highest BCUT2D eigenvalue weighted by Gasteiger charge is 2.18. The number of nitro benzene ring substituents is 1. The lowest BCUT2D eigenvalue weighted by molar-refractivity contribution is -0.384. The van der Waals surface area contributed by atoms with Crippen molar-refractivity contribution in [3.63, 3.8) is 0 Å². The van der Waals surface area contributed by atoms with Gasteiger partial charge in [0.05, 0.1) is 9.82 Å². The number of hydrogen-bond acceptors (Lipinski definition) is 6. The van der Waals surface area contributed by atoms with Gasteiger partial charge < -0.3 is 10.2 Å². The van der Waals surface area contributed by atoms with Crippen molar-refractivity contribution in [2.45, 2.75) is 11.4 Å². The Bertz CT molecular complexity index is 863. The third-order valence-electron chi connectivity index (χ3n) is 3.50. The van der Waals surface area contributed by atoms with E-state index < -0.39 is 14.8 Å². The molecule has 0 amide bonds. The molecule has 0 saturated carbocycles. The molecular weight excluding hydrogens is 330 g/mol. The fourth-order valence-corrected chi connectivity index (χ4v) is 2.83. The molecule has 0 fully saturated rings. The standard InChI is InChI=1S/C16H19N3O4S/c1-18(2)13-6-4-5-12(9-13)11-17-15-8-7-14(24(3,22)23)10-16(15)19(20)21/h4-10,17H,11H2,1-3H3. The normalized spacial score (nSPS) is 11.1. The summed E-state index contributed by atoms with van der Waals surface area (Å²) in [7, 11) is 0.368. The molecule has 8 heteroatoms. The molecule has 24 heavy (non-hydrogen) atoms. The second kappa shape index (κ2) is 6.88. The van der Waals surface area contributed by atoms with Crippen LogP contribution < -0.4 is 10.2 Å². The number of benzene rings is 2. The molecule has 2 aromatic carbocycles. The molecule has 0 atom stereocenters. The molecule has 1 N–H and O–H groups in total. The minimum absolute atomic E-state index is 0.0747. The Morgan fingerprint density at radius 2 is 1.88 bits per heavy atom. The number of nitrogens with zero attached hydrogens (tertiary/aromatic N) is 2. The molecule has 0 aliphatic carbocycles. The van der Waals surface area contributed by atoms with Crippen LogP contribution in [0.1, 0.15) is 5.56 Å². The first-order valence-electron chi connectivity index (χ1n) is 7.17. The second-order valence-electron chi connectivity index (χ2n) is 5.63. The van der Waals surface area contributed by atoms with Gasteiger partial charge >= 0.3 is 0 Å². The maximum atomic E-state index is 11.6. The average Bonchev–Trinajstić information content (AvgIpc) is 2.52. The highest BCUT2D eigenvalue weighted by atomic mass is 32.2. The van der Waals surface area contributed by atoms with E-state index >= 15 is 0 Å². The van der Waals surface area contributed by atoms with E-state index in [9.17, 15) is 18.5 Å². The quantitative estimate of drug-likeness (QED) is 0.637. The van der Waals surface area contributed by atoms with Crippen LogP contribution >= 0.6 is 0 Å². The Hall–Kier alpha value is -2.61. The van der Waals surface area contributed by atoms with Gasteiger partial charge in [0.25, 0.3) is 5.69 Å². The summed E-state index contributed by atoms with van der Waals surface area (Å²) in [5, 5.41) is 14.2. The van der Waals surface area contributed by atoms with E-state index in [1.54, 1.807) is 0 Å². The van der Waals surface area contributed by atoms with Gasteiger partial charge in [-0.15, -0.1) is 0 Å². The second-order valence-corrected chi connectivity index (χ2v) is 7.64. The molecule has 0 unspecified atom stereocenters. The van der Waals surface area contributed by atoms with Crippen LogP contribution in [0.3, 0.4) is 0 Å². The summed E-state index contributed by atoms with van der Waals surface area (Å²) in [4.78, 5) is 12.5. The number of nitro groups is 1. The number of anilines is 2. The summed E-state index contributed by atoms with van der Waals surface area (Å²) in [5.74, 6) is 0. The van der Waals surface area contributed by atoms with Crippen molar-refractivity contribution in [2.24, 2.45) is 0 Å². The molecule has 0 aliphatic heterocycles. The third kappa shape index (κ3) is 4.23. The van der Waals surface area contributed by atoms with Gasteiger partial charge in [-0.3, -0.25) is 10.1 Å². The van der Waals surface area contributed by atoms with Crippen LogP contribution in [0.15, 0.2) is 47.4 Å². The summed E-state index contributed by atoms with van der Waals surface area (Å²) in [6, 6.07) is 11.6. The number of sulfone groups is 1. The molecule has 0 spiro atoms. The fraction of sp³-hybridized carbons (Fsp3) is 0.250. The van der Waals surface area contributed by atoms with E-state index in [-0.39, 0.29) is 16.3 Å². The monoisotopic (exact) mass is 349 g/mol. The SMILES string of the molecule is CN(C)c1cccc(CNc2ccc(S(C)(=O)=O)cc2[N+](=O)[O-])c1. The van der Waals surface area contributed by atoms with Crippen molar-refractivity contribution in [3.05, 3.63) is 58.1 Å². The lowest BCUT2D eigenvalue weighted by Gasteiger charge is -2.14. The molecular formula is C16H19N3O4S. The van der Waals surface area contributed by atoms with Gasteiger partial charge in [0, 0.05) is 38.6 Å². The summed E-state index contributed by atoms with van der Waals surface area (Å²) in [6.07, 6.45) is 1.02. The zero-order valence-corrected chi connectivity index (χ0v) is 14.5. The van der Waals surface area contributed by atoms with Gasteiger partial charge in [0.15, 0.2) is 9.84 Å². The average molecular weight is 349 g/mol. The van der Waals surface area contributed by atoms with E-state index in [0.717, 1.165) is 23.6 Å². The summed E-state index contributed by atoms with van der Waals surface area (Å²) in [5.41, 5.74) is 2.00. The Morgan fingerprint density at radius 1 is 1.17 bits per heavy atom.